The highest BCUT2D eigenvalue weighted by Crippen LogP contribution is 2.50. The summed E-state index contributed by atoms with van der Waals surface area (Å²) < 4.78 is -0.595. The molecule has 0 bridgehead atoms. The summed E-state index contributed by atoms with van der Waals surface area (Å²) in [5.74, 6) is -1.77. The first-order valence-electron chi connectivity index (χ1n) is 6.85. The van der Waals surface area contributed by atoms with Crippen molar-refractivity contribution in [2.45, 2.75) is 61.9 Å². The van der Waals surface area contributed by atoms with E-state index in [1.165, 1.54) is 16.7 Å². The monoisotopic (exact) mass is 315 g/mol. The molecule has 0 aliphatic carbocycles. The molecular formula is C13H21N3O4S. The normalized spacial score (nSPS) is 32.9. The van der Waals surface area contributed by atoms with Crippen LogP contribution in [-0.2, 0) is 14.4 Å². The minimum absolute atomic E-state index is 0.342. The molecule has 2 heterocycles. The van der Waals surface area contributed by atoms with Crippen molar-refractivity contribution in [3.05, 3.63) is 0 Å². The van der Waals surface area contributed by atoms with Crippen molar-refractivity contribution in [2.75, 3.05) is 0 Å². The number of hydrogen-bond acceptors (Lipinski definition) is 5. The van der Waals surface area contributed by atoms with E-state index in [1.54, 1.807) is 27.7 Å². The van der Waals surface area contributed by atoms with Crippen LogP contribution in [0.4, 0.5) is 0 Å². The molecule has 2 aliphatic heterocycles. The number of carboxylic acid groups (broad SMARTS) is 1. The molecule has 0 aromatic carbocycles. The number of thioether (sulfide) groups is 1. The number of β-lactam (4-membered cyclic amide) rings is 1. The molecule has 2 rings (SSSR count). The first-order chi connectivity index (χ1) is 9.53. The van der Waals surface area contributed by atoms with E-state index in [1.807, 2.05) is 0 Å². The van der Waals surface area contributed by atoms with Gasteiger partial charge in [0.15, 0.2) is 0 Å². The van der Waals surface area contributed by atoms with Gasteiger partial charge in [-0.25, -0.2) is 4.79 Å². The molecule has 0 spiro atoms. The van der Waals surface area contributed by atoms with Crippen LogP contribution in [0.25, 0.3) is 0 Å². The Hall–Kier alpha value is -1.28. The molecule has 2 aliphatic rings. The van der Waals surface area contributed by atoms with Crippen LogP contribution in [0.15, 0.2) is 0 Å². The number of amides is 2. The average Bonchev–Trinajstić information content (AvgIpc) is 2.64. The summed E-state index contributed by atoms with van der Waals surface area (Å²) in [7, 11) is 0. The van der Waals surface area contributed by atoms with Crippen molar-refractivity contribution in [1.82, 2.24) is 10.2 Å². The van der Waals surface area contributed by atoms with Crippen LogP contribution in [0.5, 0.6) is 0 Å². The summed E-state index contributed by atoms with van der Waals surface area (Å²) in [6.45, 7) is 6.98. The zero-order valence-electron chi connectivity index (χ0n) is 12.5. The Morgan fingerprint density at radius 1 is 1.52 bits per heavy atom. The predicted molar refractivity (Wildman–Crippen MR) is 78.5 cm³/mol. The summed E-state index contributed by atoms with van der Waals surface area (Å²) in [4.78, 5) is 37.0. The number of nitrogens with one attached hydrogen (secondary N) is 1. The van der Waals surface area contributed by atoms with Gasteiger partial charge in [-0.3, -0.25) is 9.59 Å². The Kier molecular flexibility index (Phi) is 3.74. The van der Waals surface area contributed by atoms with Crippen LogP contribution < -0.4 is 11.1 Å². The average molecular weight is 315 g/mol. The molecule has 8 heteroatoms. The van der Waals surface area contributed by atoms with Crippen LogP contribution in [0.3, 0.4) is 0 Å². The number of nitrogens with two attached hydrogens (primary N) is 1. The fourth-order valence-electron chi connectivity index (χ4n) is 2.61. The number of carbonyl (C=O) groups is 3. The van der Waals surface area contributed by atoms with Gasteiger partial charge in [0.25, 0.3) is 0 Å². The molecule has 0 aromatic heterocycles. The van der Waals surface area contributed by atoms with Gasteiger partial charge in [0.2, 0.25) is 11.8 Å². The Labute approximate surface area is 127 Å². The summed E-state index contributed by atoms with van der Waals surface area (Å²) in [6, 6.07) is -1.57. The van der Waals surface area contributed by atoms with E-state index in [-0.39, 0.29) is 17.2 Å². The summed E-state index contributed by atoms with van der Waals surface area (Å²) in [6.07, 6.45) is 0.449. The number of fused-ring (bicyclic) bond motifs is 1. The quantitative estimate of drug-likeness (QED) is 0.616. The third kappa shape index (κ3) is 2.40. The summed E-state index contributed by atoms with van der Waals surface area (Å²) in [5.41, 5.74) is 4.82. The molecule has 1 unspecified atom stereocenters. The molecule has 0 radical (unpaired) electrons. The number of carbonyl (C=O) groups excluding carboxylic acids is 2. The standard InChI is InChI=1S/C13H21N3O4S/c1-5-13(4,14)11(20)15-6-8(17)16-7(10(18)19)12(2,3)21-9(6)16/h6-7,9H,5,14H2,1-4H3,(H,15,20)(H,18,19)/t6-,7+,9-,13?/m1/s1. The molecule has 4 atom stereocenters. The lowest BCUT2D eigenvalue weighted by Crippen LogP contribution is -2.72. The highest BCUT2D eigenvalue weighted by molar-refractivity contribution is 8.01. The van der Waals surface area contributed by atoms with E-state index in [0.29, 0.717) is 6.42 Å². The molecule has 2 fully saturated rings. The van der Waals surface area contributed by atoms with Gasteiger partial charge in [0.1, 0.15) is 17.5 Å². The zero-order valence-corrected chi connectivity index (χ0v) is 13.4. The molecule has 0 saturated carbocycles. The van der Waals surface area contributed by atoms with Crippen molar-refractivity contribution in [3.8, 4) is 0 Å². The number of nitrogens with zero attached hydrogens (tertiary/aromatic N) is 1. The first kappa shape index (κ1) is 16.1. The molecule has 21 heavy (non-hydrogen) atoms. The maximum atomic E-state index is 12.2. The molecule has 118 valence electrons. The zero-order chi connectivity index (χ0) is 16.2. The van der Waals surface area contributed by atoms with E-state index in [2.05, 4.69) is 5.32 Å². The van der Waals surface area contributed by atoms with Gasteiger partial charge in [-0.15, -0.1) is 11.8 Å². The van der Waals surface area contributed by atoms with Crippen molar-refractivity contribution in [2.24, 2.45) is 5.73 Å². The van der Waals surface area contributed by atoms with E-state index in [4.69, 9.17) is 5.73 Å². The Balaban J connectivity index is 2.14. The second-order valence-corrected chi connectivity index (χ2v) is 8.09. The Morgan fingerprint density at radius 2 is 2.10 bits per heavy atom. The van der Waals surface area contributed by atoms with Gasteiger partial charge in [0, 0.05) is 4.75 Å². The van der Waals surface area contributed by atoms with Crippen LogP contribution in [0.2, 0.25) is 0 Å². The van der Waals surface area contributed by atoms with Crippen LogP contribution in [0, 0.1) is 0 Å². The van der Waals surface area contributed by atoms with Crippen LogP contribution in [0.1, 0.15) is 34.1 Å². The van der Waals surface area contributed by atoms with Crippen LogP contribution in [-0.4, -0.2) is 55.5 Å². The molecular weight excluding hydrogens is 294 g/mol. The van der Waals surface area contributed by atoms with Gasteiger partial charge in [-0.1, -0.05) is 6.92 Å². The maximum absolute atomic E-state index is 12.2. The highest BCUT2D eigenvalue weighted by Gasteiger charge is 2.64. The number of carboxylic acids is 1. The lowest BCUT2D eigenvalue weighted by molar-refractivity contribution is -0.161. The number of rotatable bonds is 4. The Morgan fingerprint density at radius 3 is 2.57 bits per heavy atom. The minimum atomic E-state index is -1.04. The van der Waals surface area contributed by atoms with Crippen molar-refractivity contribution in [3.63, 3.8) is 0 Å². The molecule has 0 aromatic rings. The number of hydrogen-bond donors (Lipinski definition) is 3. The molecule has 2 amide bonds. The van der Waals surface area contributed by atoms with Crippen molar-refractivity contribution >= 4 is 29.5 Å². The summed E-state index contributed by atoms with van der Waals surface area (Å²) in [5, 5.41) is 11.6. The topological polar surface area (TPSA) is 113 Å². The lowest BCUT2D eigenvalue weighted by Gasteiger charge is -2.44. The maximum Gasteiger partial charge on any atom is 0.327 e. The highest BCUT2D eigenvalue weighted by atomic mass is 32.2. The number of aliphatic carboxylic acids is 1. The first-order valence-corrected chi connectivity index (χ1v) is 7.73. The van der Waals surface area contributed by atoms with E-state index in [9.17, 15) is 19.5 Å². The fourth-order valence-corrected chi connectivity index (χ4v) is 4.24. The smallest absolute Gasteiger partial charge is 0.327 e. The lowest BCUT2D eigenvalue weighted by atomic mass is 9.94. The summed E-state index contributed by atoms with van der Waals surface area (Å²) >= 11 is 1.39. The third-order valence-corrected chi connectivity index (χ3v) is 5.79. The SMILES string of the molecule is CCC(C)(N)C(=O)N[C@@H]1C(=O)N2[C@@H]1SC(C)(C)[C@@H]2C(=O)O. The molecule has 7 nitrogen and oxygen atoms in total. The van der Waals surface area contributed by atoms with Gasteiger partial charge in [-0.05, 0) is 27.2 Å². The Bertz CT molecular complexity index is 506. The van der Waals surface area contributed by atoms with Gasteiger partial charge in [-0.2, -0.15) is 0 Å². The van der Waals surface area contributed by atoms with Gasteiger partial charge >= 0.3 is 5.97 Å². The molecule has 2 saturated heterocycles. The van der Waals surface area contributed by atoms with E-state index < -0.39 is 28.3 Å². The second-order valence-electron chi connectivity index (χ2n) is 6.32. The second kappa shape index (κ2) is 4.88. The van der Waals surface area contributed by atoms with Crippen LogP contribution >= 0.6 is 11.8 Å². The van der Waals surface area contributed by atoms with Gasteiger partial charge < -0.3 is 21.1 Å². The molecule has 4 N–H and O–H groups in total. The minimum Gasteiger partial charge on any atom is -0.480 e. The third-order valence-electron chi connectivity index (χ3n) is 4.21. The van der Waals surface area contributed by atoms with Crippen molar-refractivity contribution in [1.29, 1.82) is 0 Å². The van der Waals surface area contributed by atoms with Crippen molar-refractivity contribution < 1.29 is 19.5 Å². The largest absolute Gasteiger partial charge is 0.480 e. The predicted octanol–water partition coefficient (Wildman–Crippen LogP) is -0.254. The van der Waals surface area contributed by atoms with E-state index >= 15 is 0 Å². The fraction of sp³-hybridized carbons (Fsp3) is 0.769. The van der Waals surface area contributed by atoms with E-state index in [0.717, 1.165) is 0 Å². The van der Waals surface area contributed by atoms with Gasteiger partial charge in [0.05, 0.1) is 5.54 Å².